The van der Waals surface area contributed by atoms with Gasteiger partial charge >= 0.3 is 0 Å². The lowest BCUT2D eigenvalue weighted by Gasteiger charge is -2.22. The first-order valence-corrected chi connectivity index (χ1v) is 8.66. The lowest BCUT2D eigenvalue weighted by molar-refractivity contribution is -0.114. The molecule has 7 heteroatoms. The number of anilines is 2. The van der Waals surface area contributed by atoms with Crippen molar-refractivity contribution in [1.82, 2.24) is 5.32 Å². The summed E-state index contributed by atoms with van der Waals surface area (Å²) in [6, 6.07) is 5.30. The van der Waals surface area contributed by atoms with E-state index < -0.39 is 10.7 Å². The van der Waals surface area contributed by atoms with Gasteiger partial charge in [0.1, 0.15) is 0 Å². The fraction of sp³-hybridized carbons (Fsp3) is 0.500. The summed E-state index contributed by atoms with van der Waals surface area (Å²) < 4.78 is 0. The maximum Gasteiger partial charge on any atom is 0.257 e. The minimum atomic E-state index is -1.15. The Labute approximate surface area is 146 Å². The zero-order valence-corrected chi connectivity index (χ0v) is 14.6. The van der Waals surface area contributed by atoms with E-state index in [-0.39, 0.29) is 5.91 Å². The van der Waals surface area contributed by atoms with Gasteiger partial charge in [0.25, 0.3) is 11.8 Å². The fourth-order valence-electron chi connectivity index (χ4n) is 2.56. The van der Waals surface area contributed by atoms with E-state index in [2.05, 4.69) is 15.5 Å². The number of alkyl halides is 2. The summed E-state index contributed by atoms with van der Waals surface area (Å²) in [6.45, 7) is 4.48. The Morgan fingerprint density at radius 2 is 1.96 bits per heavy atom. The average molecular weight is 358 g/mol. The molecule has 23 heavy (non-hydrogen) atoms. The topological polar surface area (TPSA) is 61.4 Å². The molecule has 0 aliphatic carbocycles. The third-order valence-corrected chi connectivity index (χ3v) is 4.09. The van der Waals surface area contributed by atoms with Crippen molar-refractivity contribution in [3.05, 3.63) is 23.8 Å². The van der Waals surface area contributed by atoms with E-state index in [9.17, 15) is 9.59 Å². The molecule has 1 aromatic rings. The Bertz CT molecular complexity index is 572. The van der Waals surface area contributed by atoms with E-state index in [0.29, 0.717) is 17.8 Å². The van der Waals surface area contributed by atoms with Crippen LogP contribution < -0.4 is 15.5 Å². The van der Waals surface area contributed by atoms with Crippen molar-refractivity contribution in [2.45, 2.75) is 31.0 Å². The number of hydrogen-bond acceptors (Lipinski definition) is 3. The van der Waals surface area contributed by atoms with Gasteiger partial charge in [0.2, 0.25) is 0 Å². The highest BCUT2D eigenvalue weighted by Gasteiger charge is 2.21. The van der Waals surface area contributed by atoms with Crippen molar-refractivity contribution < 1.29 is 9.59 Å². The Morgan fingerprint density at radius 3 is 2.57 bits per heavy atom. The van der Waals surface area contributed by atoms with Gasteiger partial charge in [0.05, 0.1) is 5.56 Å². The van der Waals surface area contributed by atoms with Crippen LogP contribution in [0.1, 0.15) is 36.5 Å². The first kappa shape index (κ1) is 17.9. The molecule has 126 valence electrons. The molecule has 1 aliphatic heterocycles. The van der Waals surface area contributed by atoms with Crippen molar-refractivity contribution in [2.24, 2.45) is 0 Å². The van der Waals surface area contributed by atoms with Crippen LogP contribution in [0, 0.1) is 0 Å². The zero-order chi connectivity index (χ0) is 16.8. The van der Waals surface area contributed by atoms with Gasteiger partial charge in [-0.25, -0.2) is 0 Å². The van der Waals surface area contributed by atoms with Crippen LogP contribution >= 0.6 is 23.2 Å². The molecular formula is C16H21Cl2N3O2. The molecule has 2 amide bonds. The van der Waals surface area contributed by atoms with Gasteiger partial charge in [-0.15, -0.1) is 0 Å². The predicted molar refractivity (Wildman–Crippen MR) is 94.6 cm³/mol. The molecule has 1 aliphatic rings. The number of benzene rings is 1. The van der Waals surface area contributed by atoms with E-state index >= 15 is 0 Å². The van der Waals surface area contributed by atoms with E-state index in [1.165, 1.54) is 0 Å². The summed E-state index contributed by atoms with van der Waals surface area (Å²) in [5.74, 6) is -0.652. The Morgan fingerprint density at radius 1 is 1.26 bits per heavy atom. The standard InChI is InChI=1S/C16H21Cl2N3O2/c1-2-7-19-15(22)12-10-11(20-16(23)14(17)18)5-6-13(12)21-8-3-4-9-21/h5-6,10,14H,2-4,7-9H2,1H3,(H,19,22)(H,20,23). The maximum absolute atomic E-state index is 12.5. The minimum Gasteiger partial charge on any atom is -0.371 e. The maximum atomic E-state index is 12.5. The summed E-state index contributed by atoms with van der Waals surface area (Å²) in [6.07, 6.45) is 3.10. The van der Waals surface area contributed by atoms with Crippen LogP contribution in [0.3, 0.4) is 0 Å². The lowest BCUT2D eigenvalue weighted by Crippen LogP contribution is -2.28. The first-order chi connectivity index (χ1) is 11.0. The van der Waals surface area contributed by atoms with Crippen LogP contribution in [0.5, 0.6) is 0 Å². The van der Waals surface area contributed by atoms with Gasteiger partial charge in [-0.3, -0.25) is 9.59 Å². The number of halogens is 2. The molecule has 2 rings (SSSR count). The molecule has 0 saturated carbocycles. The van der Waals surface area contributed by atoms with Gasteiger partial charge in [-0.05, 0) is 37.5 Å². The van der Waals surface area contributed by atoms with Gasteiger partial charge in [-0.2, -0.15) is 0 Å². The van der Waals surface area contributed by atoms with E-state index in [1.54, 1.807) is 12.1 Å². The molecule has 1 saturated heterocycles. The van der Waals surface area contributed by atoms with Crippen molar-refractivity contribution in [3.8, 4) is 0 Å². The third-order valence-electron chi connectivity index (χ3n) is 3.69. The highest BCUT2D eigenvalue weighted by atomic mass is 35.5. The largest absolute Gasteiger partial charge is 0.371 e. The molecule has 0 radical (unpaired) electrons. The summed E-state index contributed by atoms with van der Waals surface area (Å²) >= 11 is 11.1. The molecule has 1 heterocycles. The highest BCUT2D eigenvalue weighted by molar-refractivity contribution is 6.54. The molecule has 1 fully saturated rings. The van der Waals surface area contributed by atoms with Crippen LogP contribution in [0.25, 0.3) is 0 Å². The second-order valence-electron chi connectivity index (χ2n) is 5.47. The SMILES string of the molecule is CCCNC(=O)c1cc(NC(=O)C(Cl)Cl)ccc1N1CCCC1. The van der Waals surface area contributed by atoms with E-state index in [1.807, 2.05) is 13.0 Å². The van der Waals surface area contributed by atoms with Crippen molar-refractivity contribution in [1.29, 1.82) is 0 Å². The first-order valence-electron chi connectivity index (χ1n) is 7.79. The highest BCUT2D eigenvalue weighted by Crippen LogP contribution is 2.28. The molecule has 0 aromatic heterocycles. The molecular weight excluding hydrogens is 337 g/mol. The second-order valence-corrected chi connectivity index (χ2v) is 6.57. The van der Waals surface area contributed by atoms with Gasteiger partial charge in [0.15, 0.2) is 4.84 Å². The quantitative estimate of drug-likeness (QED) is 0.768. The smallest absolute Gasteiger partial charge is 0.257 e. The van der Waals surface area contributed by atoms with Gasteiger partial charge in [0, 0.05) is 31.0 Å². The lowest BCUT2D eigenvalue weighted by atomic mass is 10.1. The zero-order valence-electron chi connectivity index (χ0n) is 13.1. The minimum absolute atomic E-state index is 0.141. The summed E-state index contributed by atoms with van der Waals surface area (Å²) in [7, 11) is 0. The van der Waals surface area contributed by atoms with Crippen molar-refractivity contribution >= 4 is 46.4 Å². The molecule has 0 spiro atoms. The Kier molecular flexibility index (Phi) is 6.54. The molecule has 1 aromatic carbocycles. The number of hydrogen-bond donors (Lipinski definition) is 2. The molecule has 5 nitrogen and oxygen atoms in total. The van der Waals surface area contributed by atoms with Crippen LogP contribution in [0.15, 0.2) is 18.2 Å². The summed E-state index contributed by atoms with van der Waals surface area (Å²) in [5.41, 5.74) is 1.95. The molecule has 2 N–H and O–H groups in total. The average Bonchev–Trinajstić information content (AvgIpc) is 3.06. The predicted octanol–water partition coefficient (Wildman–Crippen LogP) is 3.17. The van der Waals surface area contributed by atoms with E-state index in [4.69, 9.17) is 23.2 Å². The number of amides is 2. The van der Waals surface area contributed by atoms with Crippen LogP contribution in [-0.2, 0) is 4.79 Å². The van der Waals surface area contributed by atoms with Gasteiger partial charge < -0.3 is 15.5 Å². The summed E-state index contributed by atoms with van der Waals surface area (Å²) in [4.78, 5) is 25.1. The number of carbonyl (C=O) groups excluding carboxylic acids is 2. The third kappa shape index (κ3) is 4.75. The fourth-order valence-corrected chi connectivity index (χ4v) is 2.67. The second kappa shape index (κ2) is 8.41. The number of rotatable bonds is 6. The molecule has 0 unspecified atom stereocenters. The molecule has 0 bridgehead atoms. The van der Waals surface area contributed by atoms with Gasteiger partial charge in [-0.1, -0.05) is 30.1 Å². The number of carbonyl (C=O) groups is 2. The Balaban J connectivity index is 2.27. The van der Waals surface area contributed by atoms with Crippen LogP contribution in [0.4, 0.5) is 11.4 Å². The van der Waals surface area contributed by atoms with Crippen LogP contribution in [-0.4, -0.2) is 36.3 Å². The van der Waals surface area contributed by atoms with E-state index in [0.717, 1.165) is 38.0 Å². The van der Waals surface area contributed by atoms with Crippen molar-refractivity contribution in [3.63, 3.8) is 0 Å². The summed E-state index contributed by atoms with van der Waals surface area (Å²) in [5, 5.41) is 5.49. The number of nitrogens with zero attached hydrogens (tertiary/aromatic N) is 1. The monoisotopic (exact) mass is 357 g/mol. The van der Waals surface area contributed by atoms with Crippen molar-refractivity contribution in [2.75, 3.05) is 29.9 Å². The van der Waals surface area contributed by atoms with Crippen LogP contribution in [0.2, 0.25) is 0 Å². The normalized spacial score (nSPS) is 14.2. The number of nitrogens with one attached hydrogen (secondary N) is 2. The Hall–Kier alpha value is -1.46. The molecule has 0 atom stereocenters.